The molecular weight excluding hydrogens is 294 g/mol. The summed E-state index contributed by atoms with van der Waals surface area (Å²) in [5.74, 6) is 1.04. The van der Waals surface area contributed by atoms with Gasteiger partial charge in [-0.05, 0) is 32.3 Å². The molecule has 2 aromatic rings. The molecule has 0 aliphatic heterocycles. The first-order valence-corrected chi connectivity index (χ1v) is 7.78. The summed E-state index contributed by atoms with van der Waals surface area (Å²) in [5, 5.41) is 18.9. The number of aliphatic hydroxyl groups excluding tert-OH is 1. The highest BCUT2D eigenvalue weighted by atomic mass is 16.3. The highest BCUT2D eigenvalue weighted by molar-refractivity contribution is 5.87. The average Bonchev–Trinajstić information content (AvgIpc) is 2.91. The van der Waals surface area contributed by atoms with Crippen LogP contribution in [0.4, 0.5) is 10.7 Å². The van der Waals surface area contributed by atoms with Crippen molar-refractivity contribution >= 4 is 12.0 Å². The van der Waals surface area contributed by atoms with Gasteiger partial charge in [0.25, 0.3) is 0 Å². The number of benzene rings is 1. The van der Waals surface area contributed by atoms with E-state index in [0.29, 0.717) is 31.2 Å². The number of aromatic nitrogens is 3. The minimum Gasteiger partial charge on any atom is -0.396 e. The molecular formula is C16H23N5O2. The van der Waals surface area contributed by atoms with Crippen LogP contribution in [0.2, 0.25) is 0 Å². The second-order valence-electron chi connectivity index (χ2n) is 5.23. The SMILES string of the molecule is CCn1nc(C)nc1NC(=O)NC(CCCO)c1ccccc1. The Kier molecular flexibility index (Phi) is 6.10. The van der Waals surface area contributed by atoms with Gasteiger partial charge < -0.3 is 10.4 Å². The number of carbonyl (C=O) groups excluding carboxylic acids is 1. The zero-order chi connectivity index (χ0) is 16.7. The summed E-state index contributed by atoms with van der Waals surface area (Å²) in [4.78, 5) is 16.5. The van der Waals surface area contributed by atoms with Crippen LogP contribution in [0.3, 0.4) is 0 Å². The molecule has 3 N–H and O–H groups in total. The first-order valence-electron chi connectivity index (χ1n) is 7.78. The summed E-state index contributed by atoms with van der Waals surface area (Å²) in [6, 6.07) is 9.21. The average molecular weight is 317 g/mol. The van der Waals surface area contributed by atoms with Crippen molar-refractivity contribution in [3.63, 3.8) is 0 Å². The Labute approximate surface area is 135 Å². The molecule has 0 fully saturated rings. The molecule has 0 aliphatic carbocycles. The minimum absolute atomic E-state index is 0.0932. The maximum atomic E-state index is 12.3. The Balaban J connectivity index is 2.05. The number of urea groups is 1. The van der Waals surface area contributed by atoms with Crippen LogP contribution in [0.1, 0.15) is 37.2 Å². The van der Waals surface area contributed by atoms with Crippen molar-refractivity contribution in [2.24, 2.45) is 0 Å². The number of nitrogens with one attached hydrogen (secondary N) is 2. The summed E-state index contributed by atoms with van der Waals surface area (Å²) in [5.41, 5.74) is 1.00. The number of amides is 2. The number of aryl methyl sites for hydroxylation is 2. The highest BCUT2D eigenvalue weighted by Crippen LogP contribution is 2.18. The first-order chi connectivity index (χ1) is 11.1. The van der Waals surface area contributed by atoms with E-state index in [2.05, 4.69) is 20.7 Å². The van der Waals surface area contributed by atoms with Crippen molar-refractivity contribution in [3.05, 3.63) is 41.7 Å². The predicted molar refractivity (Wildman–Crippen MR) is 88.1 cm³/mol. The van der Waals surface area contributed by atoms with Gasteiger partial charge in [-0.3, -0.25) is 5.32 Å². The van der Waals surface area contributed by atoms with E-state index in [1.807, 2.05) is 37.3 Å². The second kappa shape index (κ2) is 8.28. The summed E-state index contributed by atoms with van der Waals surface area (Å²) in [6.07, 6.45) is 1.28. The number of hydrogen-bond donors (Lipinski definition) is 3. The third-order valence-corrected chi connectivity index (χ3v) is 3.46. The van der Waals surface area contributed by atoms with Gasteiger partial charge in [-0.15, -0.1) is 0 Å². The standard InChI is InChI=1S/C16H23N5O2/c1-3-21-15(17-12(2)20-21)19-16(23)18-14(10-7-11-22)13-8-5-4-6-9-13/h4-6,8-9,14,22H,3,7,10-11H2,1-2H3,(H2,17,18,19,20,23). The van der Waals surface area contributed by atoms with Gasteiger partial charge in [0.1, 0.15) is 5.82 Å². The number of rotatable bonds is 7. The molecule has 0 saturated heterocycles. The molecule has 7 nitrogen and oxygen atoms in total. The Bertz CT molecular complexity index is 627. The first kappa shape index (κ1) is 17.0. The van der Waals surface area contributed by atoms with Crippen molar-refractivity contribution in [2.45, 2.75) is 39.3 Å². The molecule has 2 rings (SSSR count). The number of anilines is 1. The number of carbonyl (C=O) groups is 1. The van der Waals surface area contributed by atoms with Crippen LogP contribution < -0.4 is 10.6 Å². The van der Waals surface area contributed by atoms with Crippen molar-refractivity contribution < 1.29 is 9.90 Å². The van der Waals surface area contributed by atoms with Gasteiger partial charge in [-0.2, -0.15) is 10.1 Å². The molecule has 124 valence electrons. The summed E-state index contributed by atoms with van der Waals surface area (Å²) < 4.78 is 1.64. The van der Waals surface area contributed by atoms with Crippen LogP contribution in [0, 0.1) is 6.92 Å². The Hall–Kier alpha value is -2.41. The Morgan fingerprint density at radius 3 is 2.74 bits per heavy atom. The monoisotopic (exact) mass is 317 g/mol. The summed E-state index contributed by atoms with van der Waals surface area (Å²) >= 11 is 0. The molecule has 7 heteroatoms. The smallest absolute Gasteiger partial charge is 0.322 e. The van der Waals surface area contributed by atoms with Crippen LogP contribution in [-0.4, -0.2) is 32.5 Å². The highest BCUT2D eigenvalue weighted by Gasteiger charge is 2.16. The molecule has 0 bridgehead atoms. The molecule has 1 atom stereocenters. The number of aliphatic hydroxyl groups is 1. The topological polar surface area (TPSA) is 92.1 Å². The maximum Gasteiger partial charge on any atom is 0.322 e. The molecule has 1 unspecified atom stereocenters. The lowest BCUT2D eigenvalue weighted by molar-refractivity contribution is 0.243. The third kappa shape index (κ3) is 4.79. The molecule has 23 heavy (non-hydrogen) atoms. The van der Waals surface area contributed by atoms with Crippen molar-refractivity contribution in [1.29, 1.82) is 0 Å². The van der Waals surface area contributed by atoms with Gasteiger partial charge >= 0.3 is 6.03 Å². The molecule has 0 aliphatic rings. The van der Waals surface area contributed by atoms with Gasteiger partial charge in [0.05, 0.1) is 6.04 Å². The fourth-order valence-electron chi connectivity index (χ4n) is 2.37. The van der Waals surface area contributed by atoms with Crippen molar-refractivity contribution in [2.75, 3.05) is 11.9 Å². The van der Waals surface area contributed by atoms with Crippen LogP contribution in [0.5, 0.6) is 0 Å². The summed E-state index contributed by atoms with van der Waals surface area (Å²) in [6.45, 7) is 4.44. The lowest BCUT2D eigenvalue weighted by atomic mass is 10.0. The third-order valence-electron chi connectivity index (χ3n) is 3.46. The largest absolute Gasteiger partial charge is 0.396 e. The number of hydrogen-bond acceptors (Lipinski definition) is 4. The molecule has 1 heterocycles. The lowest BCUT2D eigenvalue weighted by Gasteiger charge is -2.19. The van der Waals surface area contributed by atoms with E-state index in [0.717, 1.165) is 5.56 Å². The number of nitrogens with zero attached hydrogens (tertiary/aromatic N) is 3. The van der Waals surface area contributed by atoms with E-state index < -0.39 is 0 Å². The van der Waals surface area contributed by atoms with Crippen molar-refractivity contribution in [3.8, 4) is 0 Å². The summed E-state index contributed by atoms with van der Waals surface area (Å²) in [7, 11) is 0. The van der Waals surface area contributed by atoms with Gasteiger partial charge in [0.2, 0.25) is 5.95 Å². The zero-order valence-corrected chi connectivity index (χ0v) is 13.5. The van der Waals surface area contributed by atoms with E-state index in [1.165, 1.54) is 0 Å². The molecule has 0 radical (unpaired) electrons. The fraction of sp³-hybridized carbons (Fsp3) is 0.438. The van der Waals surface area contributed by atoms with Crippen LogP contribution >= 0.6 is 0 Å². The van der Waals surface area contributed by atoms with Crippen molar-refractivity contribution in [1.82, 2.24) is 20.1 Å². The van der Waals surface area contributed by atoms with Crippen LogP contribution in [-0.2, 0) is 6.54 Å². The molecule has 1 aromatic heterocycles. The van der Waals surface area contributed by atoms with E-state index in [4.69, 9.17) is 5.11 Å². The Morgan fingerprint density at radius 2 is 2.09 bits per heavy atom. The normalized spacial score (nSPS) is 12.0. The quantitative estimate of drug-likeness (QED) is 0.730. The molecule has 0 saturated carbocycles. The predicted octanol–water partition coefficient (Wildman–Crippen LogP) is 2.24. The van der Waals surface area contributed by atoms with Gasteiger partial charge in [0.15, 0.2) is 0 Å². The van der Waals surface area contributed by atoms with E-state index >= 15 is 0 Å². The van der Waals surface area contributed by atoms with E-state index in [-0.39, 0.29) is 18.7 Å². The Morgan fingerprint density at radius 1 is 1.35 bits per heavy atom. The molecule has 1 aromatic carbocycles. The minimum atomic E-state index is -0.334. The van der Waals surface area contributed by atoms with Gasteiger partial charge in [0, 0.05) is 13.2 Å². The lowest BCUT2D eigenvalue weighted by Crippen LogP contribution is -2.33. The van der Waals surface area contributed by atoms with Gasteiger partial charge in [-0.25, -0.2) is 9.48 Å². The molecule has 0 spiro atoms. The molecule has 2 amide bonds. The zero-order valence-electron chi connectivity index (χ0n) is 13.5. The maximum absolute atomic E-state index is 12.3. The van der Waals surface area contributed by atoms with Gasteiger partial charge in [-0.1, -0.05) is 30.3 Å². The van der Waals surface area contributed by atoms with E-state index in [1.54, 1.807) is 11.6 Å². The van der Waals surface area contributed by atoms with E-state index in [9.17, 15) is 4.79 Å². The van der Waals surface area contributed by atoms with Crippen LogP contribution in [0.15, 0.2) is 30.3 Å². The van der Waals surface area contributed by atoms with Crippen LogP contribution in [0.25, 0.3) is 0 Å². The second-order valence-corrected chi connectivity index (χ2v) is 5.23. The fourth-order valence-corrected chi connectivity index (χ4v) is 2.37.